The lowest BCUT2D eigenvalue weighted by Crippen LogP contribution is -2.45. The maximum Gasteiger partial charge on any atom is 0.338 e. The molecule has 2 amide bonds. The average Bonchev–Trinajstić information content (AvgIpc) is 3.14. The van der Waals surface area contributed by atoms with Crippen molar-refractivity contribution in [2.75, 3.05) is 20.3 Å². The third-order valence-electron chi connectivity index (χ3n) is 4.52. The van der Waals surface area contributed by atoms with Crippen LogP contribution in [0.4, 0.5) is 4.79 Å². The Morgan fingerprint density at radius 2 is 2.22 bits per heavy atom. The molecule has 146 valence electrons. The van der Waals surface area contributed by atoms with E-state index >= 15 is 0 Å². The summed E-state index contributed by atoms with van der Waals surface area (Å²) in [4.78, 5) is 24.7. The predicted octanol–water partition coefficient (Wildman–Crippen LogP) is 2.40. The highest BCUT2D eigenvalue weighted by molar-refractivity contribution is 6.32. The van der Waals surface area contributed by atoms with Crippen molar-refractivity contribution in [2.24, 2.45) is 0 Å². The van der Waals surface area contributed by atoms with Crippen molar-refractivity contribution in [1.82, 2.24) is 10.6 Å². The van der Waals surface area contributed by atoms with E-state index in [1.54, 1.807) is 6.92 Å². The minimum absolute atomic E-state index is 0.0434. The van der Waals surface area contributed by atoms with Crippen LogP contribution in [-0.4, -0.2) is 43.5 Å². The van der Waals surface area contributed by atoms with E-state index in [1.165, 1.54) is 19.2 Å². The first-order valence-electron chi connectivity index (χ1n) is 8.54. The second kappa shape index (κ2) is 8.06. The molecule has 1 aromatic rings. The van der Waals surface area contributed by atoms with Crippen LogP contribution in [0, 0.1) is 0 Å². The lowest BCUT2D eigenvalue weighted by atomic mass is 9.95. The van der Waals surface area contributed by atoms with Crippen LogP contribution in [0.5, 0.6) is 11.5 Å². The fourth-order valence-electron chi connectivity index (χ4n) is 3.15. The monoisotopic (exact) mass is 396 g/mol. The molecular formula is C18H21ClN2O6. The molecule has 0 unspecified atom stereocenters. The molecule has 0 bridgehead atoms. The van der Waals surface area contributed by atoms with Gasteiger partial charge in [0.1, 0.15) is 6.61 Å². The Kier molecular flexibility index (Phi) is 5.76. The van der Waals surface area contributed by atoms with Crippen molar-refractivity contribution in [1.29, 1.82) is 0 Å². The Morgan fingerprint density at radius 1 is 1.44 bits per heavy atom. The van der Waals surface area contributed by atoms with Gasteiger partial charge in [-0.25, -0.2) is 9.59 Å². The first kappa shape index (κ1) is 19.3. The third kappa shape index (κ3) is 4.12. The second-order valence-corrected chi connectivity index (χ2v) is 6.76. The van der Waals surface area contributed by atoms with Crippen LogP contribution in [0.25, 0.3) is 0 Å². The van der Waals surface area contributed by atoms with Crippen molar-refractivity contribution < 1.29 is 28.9 Å². The first-order chi connectivity index (χ1) is 12.9. The second-order valence-electron chi connectivity index (χ2n) is 6.36. The summed E-state index contributed by atoms with van der Waals surface area (Å²) >= 11 is 6.06. The zero-order valence-corrected chi connectivity index (χ0v) is 15.8. The van der Waals surface area contributed by atoms with E-state index in [4.69, 9.17) is 25.8 Å². The largest absolute Gasteiger partial charge is 0.503 e. The van der Waals surface area contributed by atoms with Gasteiger partial charge in [-0.05, 0) is 37.5 Å². The Bertz CT molecular complexity index is 788. The molecule has 2 aliphatic heterocycles. The molecule has 2 heterocycles. The summed E-state index contributed by atoms with van der Waals surface area (Å²) < 4.78 is 16.0. The molecule has 9 heteroatoms. The SMILES string of the molecule is COc1cc([C@@H]2NC(=O)NC(C)=C2C(=O)OC[C@H]2CCCO2)cc(Cl)c1O. The molecule has 8 nitrogen and oxygen atoms in total. The number of allylic oxidation sites excluding steroid dienone is 1. The molecule has 0 aliphatic carbocycles. The minimum Gasteiger partial charge on any atom is -0.503 e. The Balaban J connectivity index is 1.89. The normalized spacial score (nSPS) is 22.3. The predicted molar refractivity (Wildman–Crippen MR) is 96.7 cm³/mol. The van der Waals surface area contributed by atoms with Crippen LogP contribution in [0.3, 0.4) is 0 Å². The van der Waals surface area contributed by atoms with Crippen LogP contribution in [-0.2, 0) is 14.3 Å². The van der Waals surface area contributed by atoms with E-state index < -0.39 is 18.0 Å². The number of aromatic hydroxyl groups is 1. The van der Waals surface area contributed by atoms with Gasteiger partial charge < -0.3 is 30.0 Å². The number of methoxy groups -OCH3 is 1. The van der Waals surface area contributed by atoms with E-state index in [0.717, 1.165) is 12.8 Å². The van der Waals surface area contributed by atoms with Crippen LogP contribution in [0.1, 0.15) is 31.4 Å². The number of benzene rings is 1. The summed E-state index contributed by atoms with van der Waals surface area (Å²) in [6, 6.07) is 1.72. The Labute approximate surface area is 161 Å². The number of carbonyl (C=O) groups excluding carboxylic acids is 2. The molecule has 1 saturated heterocycles. The van der Waals surface area contributed by atoms with Gasteiger partial charge >= 0.3 is 12.0 Å². The van der Waals surface area contributed by atoms with Crippen molar-refractivity contribution in [3.8, 4) is 11.5 Å². The molecule has 2 aliphatic rings. The summed E-state index contributed by atoms with van der Waals surface area (Å²) in [5.41, 5.74) is 1.11. The quantitative estimate of drug-likeness (QED) is 0.660. The van der Waals surface area contributed by atoms with Crippen molar-refractivity contribution in [3.63, 3.8) is 0 Å². The Hall–Kier alpha value is -2.45. The molecule has 0 aromatic heterocycles. The van der Waals surface area contributed by atoms with Gasteiger partial charge in [-0.3, -0.25) is 0 Å². The molecule has 1 fully saturated rings. The van der Waals surface area contributed by atoms with Gasteiger partial charge in [0.25, 0.3) is 0 Å². The lowest BCUT2D eigenvalue weighted by Gasteiger charge is -2.28. The summed E-state index contributed by atoms with van der Waals surface area (Å²) in [7, 11) is 1.38. The Morgan fingerprint density at radius 3 is 2.89 bits per heavy atom. The molecular weight excluding hydrogens is 376 g/mol. The van der Waals surface area contributed by atoms with Crippen molar-refractivity contribution in [3.05, 3.63) is 34.0 Å². The van der Waals surface area contributed by atoms with E-state index in [2.05, 4.69) is 10.6 Å². The summed E-state index contributed by atoms with van der Waals surface area (Å²) in [5.74, 6) is -0.648. The van der Waals surface area contributed by atoms with Crippen molar-refractivity contribution >= 4 is 23.6 Å². The molecule has 3 rings (SSSR count). The van der Waals surface area contributed by atoms with Crippen molar-refractivity contribution in [2.45, 2.75) is 31.9 Å². The summed E-state index contributed by atoms with van der Waals surface area (Å²) in [5, 5.41) is 15.2. The number of phenols is 1. The van der Waals surface area contributed by atoms with Gasteiger partial charge in [-0.2, -0.15) is 0 Å². The smallest absolute Gasteiger partial charge is 0.338 e. The standard InChI is InChI=1S/C18H21ClN2O6/c1-9-14(17(23)27-8-11-4-3-5-26-11)15(21-18(24)20-9)10-6-12(19)16(22)13(7-10)25-2/h6-7,11,15,22H,3-5,8H2,1-2H3,(H2,20,21,24)/t11-,15+/m1/s1. The van der Waals surface area contributed by atoms with Crippen LogP contribution in [0.2, 0.25) is 5.02 Å². The van der Waals surface area contributed by atoms with Gasteiger partial charge in [-0.15, -0.1) is 0 Å². The van der Waals surface area contributed by atoms with Gasteiger partial charge in [0.05, 0.1) is 29.9 Å². The molecule has 2 atom stereocenters. The average molecular weight is 397 g/mol. The molecule has 27 heavy (non-hydrogen) atoms. The number of halogens is 1. The van der Waals surface area contributed by atoms with Gasteiger partial charge in [0, 0.05) is 12.3 Å². The van der Waals surface area contributed by atoms with E-state index in [9.17, 15) is 14.7 Å². The van der Waals surface area contributed by atoms with E-state index in [0.29, 0.717) is 17.9 Å². The number of amides is 2. The zero-order chi connectivity index (χ0) is 19.6. The van der Waals surface area contributed by atoms with Gasteiger partial charge in [0.2, 0.25) is 0 Å². The van der Waals surface area contributed by atoms with E-state index in [1.807, 2.05) is 0 Å². The number of hydrogen-bond acceptors (Lipinski definition) is 6. The highest BCUT2D eigenvalue weighted by Gasteiger charge is 2.33. The third-order valence-corrected chi connectivity index (χ3v) is 4.81. The maximum atomic E-state index is 12.7. The highest BCUT2D eigenvalue weighted by atomic mass is 35.5. The molecule has 3 N–H and O–H groups in total. The summed E-state index contributed by atoms with van der Waals surface area (Å²) in [6.45, 7) is 2.43. The van der Waals surface area contributed by atoms with Crippen LogP contribution >= 0.6 is 11.6 Å². The maximum absolute atomic E-state index is 12.7. The zero-order valence-electron chi connectivity index (χ0n) is 15.0. The summed E-state index contributed by atoms with van der Waals surface area (Å²) in [6.07, 6.45) is 1.67. The number of hydrogen-bond donors (Lipinski definition) is 3. The molecule has 0 spiro atoms. The number of urea groups is 1. The van der Waals surface area contributed by atoms with Crippen LogP contribution in [0.15, 0.2) is 23.4 Å². The molecule has 0 saturated carbocycles. The number of esters is 1. The minimum atomic E-state index is -0.803. The fourth-order valence-corrected chi connectivity index (χ4v) is 3.37. The van der Waals surface area contributed by atoms with Gasteiger partial charge in [0.15, 0.2) is 11.5 Å². The lowest BCUT2D eigenvalue weighted by molar-refractivity contribution is -0.142. The van der Waals surface area contributed by atoms with Crippen LogP contribution < -0.4 is 15.4 Å². The van der Waals surface area contributed by atoms with E-state index in [-0.39, 0.29) is 34.8 Å². The molecule has 0 radical (unpaired) electrons. The number of ether oxygens (including phenoxy) is 3. The molecule has 1 aromatic carbocycles. The number of phenolic OH excluding ortho intramolecular Hbond substituents is 1. The van der Waals surface area contributed by atoms with Gasteiger partial charge in [-0.1, -0.05) is 11.6 Å². The first-order valence-corrected chi connectivity index (χ1v) is 8.92. The number of rotatable bonds is 5. The number of carbonyl (C=O) groups is 2. The number of nitrogens with one attached hydrogen (secondary N) is 2. The topological polar surface area (TPSA) is 106 Å². The highest BCUT2D eigenvalue weighted by Crippen LogP contribution is 2.39. The fraction of sp³-hybridized carbons (Fsp3) is 0.444.